The Morgan fingerprint density at radius 1 is 1.06 bits per heavy atom. The molecule has 3 atom stereocenters. The molecule has 4 heterocycles. The van der Waals surface area contributed by atoms with Crippen LogP contribution in [0.2, 0.25) is 0 Å². The first-order chi connectivity index (χ1) is 16.9. The van der Waals surface area contributed by atoms with Crippen molar-refractivity contribution in [3.63, 3.8) is 0 Å². The molecule has 6 rings (SSSR count). The number of benzene rings is 2. The number of nitrogens with zero attached hydrogens (tertiary/aromatic N) is 4. The van der Waals surface area contributed by atoms with Crippen molar-refractivity contribution in [2.45, 2.75) is 44.0 Å². The quantitative estimate of drug-likeness (QED) is 0.585. The highest BCUT2D eigenvalue weighted by molar-refractivity contribution is 6.08. The van der Waals surface area contributed by atoms with Crippen molar-refractivity contribution < 1.29 is 13.5 Å². The summed E-state index contributed by atoms with van der Waals surface area (Å²) >= 11 is 0. The number of fused-ring (bicyclic) bond motifs is 2. The Kier molecular flexibility index (Phi) is 5.69. The van der Waals surface area contributed by atoms with Gasteiger partial charge in [0.1, 0.15) is 29.2 Å². The average molecular weight is 481 g/mol. The summed E-state index contributed by atoms with van der Waals surface area (Å²) < 4.78 is 33.3. The van der Waals surface area contributed by atoms with Crippen molar-refractivity contribution in [1.29, 1.82) is 0 Å². The highest BCUT2D eigenvalue weighted by Gasteiger charge is 2.41. The molecule has 9 heteroatoms. The van der Waals surface area contributed by atoms with Crippen LogP contribution in [-0.4, -0.2) is 77.2 Å². The van der Waals surface area contributed by atoms with Crippen molar-refractivity contribution in [3.05, 3.63) is 59.3 Å². The number of aromatic nitrogens is 2. The maximum atomic E-state index is 13.6. The van der Waals surface area contributed by atoms with Crippen LogP contribution in [0.15, 0.2) is 41.4 Å². The van der Waals surface area contributed by atoms with E-state index in [2.05, 4.69) is 32.4 Å². The summed E-state index contributed by atoms with van der Waals surface area (Å²) in [6.07, 6.45) is 1.93. The van der Waals surface area contributed by atoms with Gasteiger partial charge in [0.2, 0.25) is 0 Å². The number of aliphatic imine (C=N–C) groups is 1. The summed E-state index contributed by atoms with van der Waals surface area (Å²) in [6.45, 7) is 6.08. The Morgan fingerprint density at radius 3 is 2.57 bits per heavy atom. The second-order valence-corrected chi connectivity index (χ2v) is 10.0. The van der Waals surface area contributed by atoms with Gasteiger partial charge in [-0.25, -0.2) is 8.78 Å². The fourth-order valence-electron chi connectivity index (χ4n) is 5.58. The molecule has 2 aromatic carbocycles. The van der Waals surface area contributed by atoms with Gasteiger partial charge in [0, 0.05) is 30.6 Å². The van der Waals surface area contributed by atoms with Crippen LogP contribution in [0, 0.1) is 11.6 Å². The van der Waals surface area contributed by atoms with E-state index in [9.17, 15) is 8.78 Å². The van der Waals surface area contributed by atoms with E-state index < -0.39 is 17.7 Å². The zero-order valence-corrected chi connectivity index (χ0v) is 20.0. The number of likely N-dealkylation sites (tertiary alicyclic amines) is 2. The van der Waals surface area contributed by atoms with Gasteiger partial charge in [-0.05, 0) is 75.8 Å². The molecular formula is C26H30F2N6O. The number of nitrogens with one attached hydrogen (secondary N) is 2. The first kappa shape index (κ1) is 22.4. The number of hydrogen-bond acceptors (Lipinski definition) is 6. The fourth-order valence-corrected chi connectivity index (χ4v) is 5.58. The molecule has 35 heavy (non-hydrogen) atoms. The first-order valence-corrected chi connectivity index (χ1v) is 12.3. The molecule has 3 unspecified atom stereocenters. The largest absolute Gasteiger partial charge is 0.486 e. The lowest BCUT2D eigenvalue weighted by Gasteiger charge is -2.35. The number of rotatable bonds is 5. The number of ether oxygens (including phenoxy) is 1. The fraction of sp³-hybridized carbons (Fsp3) is 0.462. The van der Waals surface area contributed by atoms with Gasteiger partial charge < -0.3 is 15.0 Å². The molecule has 2 fully saturated rings. The lowest BCUT2D eigenvalue weighted by Crippen LogP contribution is -2.44. The molecule has 7 nitrogen and oxygen atoms in total. The molecule has 2 saturated heterocycles. The van der Waals surface area contributed by atoms with E-state index in [1.54, 1.807) is 6.92 Å². The van der Waals surface area contributed by atoms with Gasteiger partial charge >= 0.3 is 0 Å². The Labute approximate surface area is 203 Å². The minimum Gasteiger partial charge on any atom is -0.486 e. The third kappa shape index (κ3) is 4.38. The zero-order chi connectivity index (χ0) is 24.1. The Bertz CT molecular complexity index is 1250. The number of aromatic amines is 1. The third-order valence-corrected chi connectivity index (χ3v) is 7.56. The Hall–Kier alpha value is -3.04. The topological polar surface area (TPSA) is 68.8 Å². The lowest BCUT2D eigenvalue weighted by atomic mass is 10.0. The van der Waals surface area contributed by atoms with Crippen LogP contribution in [0.4, 0.5) is 8.78 Å². The van der Waals surface area contributed by atoms with E-state index in [-0.39, 0.29) is 6.04 Å². The van der Waals surface area contributed by atoms with Crippen molar-refractivity contribution >= 4 is 16.7 Å². The second-order valence-electron chi connectivity index (χ2n) is 10.0. The standard InChI is InChI=1S/C26H30F2N6O/c1-15(16-9-17(27)11-18(28)10-16)35-20-3-4-22-21(12-20)25(32-31-22)26-29-23-13-34(14-24(23)30-26)19-5-7-33(2)8-6-19/h3-4,9-12,15,19,23-24H,5-8,13-14H2,1-2H3,(H,29,30)(H,31,32). The summed E-state index contributed by atoms with van der Waals surface area (Å²) in [5.74, 6) is 0.179. The minimum atomic E-state index is -0.617. The smallest absolute Gasteiger partial charge is 0.150 e. The summed E-state index contributed by atoms with van der Waals surface area (Å²) in [4.78, 5) is 10.0. The van der Waals surface area contributed by atoms with Crippen LogP contribution in [0.3, 0.4) is 0 Å². The molecule has 1 aromatic heterocycles. The van der Waals surface area contributed by atoms with Crippen LogP contribution in [0.5, 0.6) is 5.75 Å². The van der Waals surface area contributed by atoms with Gasteiger partial charge in [0.25, 0.3) is 0 Å². The van der Waals surface area contributed by atoms with E-state index in [4.69, 9.17) is 9.73 Å². The van der Waals surface area contributed by atoms with Crippen LogP contribution < -0.4 is 10.1 Å². The minimum absolute atomic E-state index is 0.235. The molecule has 0 radical (unpaired) electrons. The van der Waals surface area contributed by atoms with Crippen molar-refractivity contribution in [2.75, 3.05) is 33.2 Å². The summed E-state index contributed by atoms with van der Waals surface area (Å²) in [5.41, 5.74) is 2.10. The number of hydrogen-bond donors (Lipinski definition) is 2. The van der Waals surface area contributed by atoms with E-state index in [0.29, 0.717) is 23.4 Å². The molecule has 0 amide bonds. The highest BCUT2D eigenvalue weighted by atomic mass is 19.1. The first-order valence-electron chi connectivity index (χ1n) is 12.3. The second kappa shape index (κ2) is 8.87. The van der Waals surface area contributed by atoms with E-state index >= 15 is 0 Å². The zero-order valence-electron chi connectivity index (χ0n) is 20.0. The number of piperidine rings is 1. The molecule has 2 N–H and O–H groups in total. The lowest BCUT2D eigenvalue weighted by molar-refractivity contribution is 0.140. The predicted molar refractivity (Wildman–Crippen MR) is 131 cm³/mol. The monoisotopic (exact) mass is 480 g/mol. The molecule has 0 saturated carbocycles. The van der Waals surface area contributed by atoms with Gasteiger partial charge in [-0.15, -0.1) is 0 Å². The Morgan fingerprint density at radius 2 is 1.83 bits per heavy atom. The van der Waals surface area contributed by atoms with Gasteiger partial charge in [0.05, 0.1) is 17.6 Å². The van der Waals surface area contributed by atoms with Crippen LogP contribution in [0.25, 0.3) is 10.9 Å². The molecule has 0 spiro atoms. The Balaban J connectivity index is 1.18. The molecule has 3 aromatic rings. The maximum absolute atomic E-state index is 13.6. The number of H-pyrrole nitrogens is 1. The molecule has 0 bridgehead atoms. The van der Waals surface area contributed by atoms with Gasteiger partial charge in [0.15, 0.2) is 5.84 Å². The van der Waals surface area contributed by atoms with Crippen LogP contribution in [0.1, 0.15) is 37.1 Å². The van der Waals surface area contributed by atoms with Crippen molar-refractivity contribution in [3.8, 4) is 5.75 Å². The maximum Gasteiger partial charge on any atom is 0.150 e. The number of halogens is 2. The third-order valence-electron chi connectivity index (χ3n) is 7.56. The average Bonchev–Trinajstić information content (AvgIpc) is 3.51. The van der Waals surface area contributed by atoms with Crippen LogP contribution >= 0.6 is 0 Å². The molecule has 0 aliphatic carbocycles. The number of amidine groups is 1. The molecule has 3 aliphatic heterocycles. The van der Waals surface area contributed by atoms with Crippen LogP contribution in [-0.2, 0) is 0 Å². The highest BCUT2D eigenvalue weighted by Crippen LogP contribution is 2.30. The van der Waals surface area contributed by atoms with Gasteiger partial charge in [-0.2, -0.15) is 5.10 Å². The van der Waals surface area contributed by atoms with Crippen molar-refractivity contribution in [1.82, 2.24) is 25.3 Å². The predicted octanol–water partition coefficient (Wildman–Crippen LogP) is 3.48. The van der Waals surface area contributed by atoms with E-state index in [1.807, 2.05) is 18.2 Å². The summed E-state index contributed by atoms with van der Waals surface area (Å²) in [7, 11) is 2.19. The normalized spacial score (nSPS) is 24.4. The summed E-state index contributed by atoms with van der Waals surface area (Å²) in [6, 6.07) is 10.3. The SMILES string of the molecule is CC(Oc1ccc2[nH]nc(C3=NC4CN(C5CCN(C)CC5)CC4N3)c2c1)c1cc(F)cc(F)c1. The van der Waals surface area contributed by atoms with Gasteiger partial charge in [-0.1, -0.05) is 0 Å². The van der Waals surface area contributed by atoms with E-state index in [0.717, 1.165) is 54.7 Å². The molecule has 3 aliphatic rings. The molecular weight excluding hydrogens is 450 g/mol. The summed E-state index contributed by atoms with van der Waals surface area (Å²) in [5, 5.41) is 12.1. The molecule has 184 valence electrons. The van der Waals surface area contributed by atoms with Crippen molar-refractivity contribution in [2.24, 2.45) is 4.99 Å². The van der Waals surface area contributed by atoms with Gasteiger partial charge in [-0.3, -0.25) is 15.0 Å². The van der Waals surface area contributed by atoms with E-state index in [1.165, 1.54) is 25.0 Å².